The van der Waals surface area contributed by atoms with Crippen LogP contribution in [0.3, 0.4) is 0 Å². The average molecular weight is 362 g/mol. The SMILES string of the molecule is COc1cccc(C(O)C2CCN(C(=O)NC3COCC3(C)C)CC2)c1. The molecule has 0 radical (unpaired) electrons. The summed E-state index contributed by atoms with van der Waals surface area (Å²) in [6.45, 7) is 6.79. The number of aliphatic hydroxyl groups excluding tert-OH is 1. The fourth-order valence-electron chi connectivity index (χ4n) is 3.76. The molecular weight excluding hydrogens is 332 g/mol. The molecule has 3 rings (SSSR count). The highest BCUT2D eigenvalue weighted by Gasteiger charge is 2.38. The smallest absolute Gasteiger partial charge is 0.317 e. The van der Waals surface area contributed by atoms with Crippen molar-refractivity contribution < 1.29 is 19.4 Å². The normalized spacial score (nSPS) is 24.3. The second-order valence-electron chi connectivity index (χ2n) is 8.05. The number of hydrogen-bond acceptors (Lipinski definition) is 4. The first-order valence-corrected chi connectivity index (χ1v) is 9.36. The summed E-state index contributed by atoms with van der Waals surface area (Å²) < 4.78 is 10.7. The number of nitrogens with one attached hydrogen (secondary N) is 1. The van der Waals surface area contributed by atoms with Crippen molar-refractivity contribution in [3.05, 3.63) is 29.8 Å². The van der Waals surface area contributed by atoms with Crippen molar-refractivity contribution in [2.24, 2.45) is 11.3 Å². The first kappa shape index (κ1) is 19.0. The molecular formula is C20H30N2O4. The second-order valence-corrected chi connectivity index (χ2v) is 8.05. The Morgan fingerprint density at radius 2 is 2.12 bits per heavy atom. The van der Waals surface area contributed by atoms with Crippen molar-refractivity contribution in [2.75, 3.05) is 33.4 Å². The number of carbonyl (C=O) groups excluding carboxylic acids is 1. The van der Waals surface area contributed by atoms with Gasteiger partial charge in [-0.05, 0) is 36.5 Å². The Labute approximate surface area is 155 Å². The van der Waals surface area contributed by atoms with E-state index >= 15 is 0 Å². The summed E-state index contributed by atoms with van der Waals surface area (Å²) in [6.07, 6.45) is 1.05. The predicted molar refractivity (Wildman–Crippen MR) is 99.2 cm³/mol. The highest BCUT2D eigenvalue weighted by atomic mass is 16.5. The minimum atomic E-state index is -0.530. The summed E-state index contributed by atoms with van der Waals surface area (Å²) in [6, 6.07) is 7.60. The standard InChI is InChI=1S/C20H30N2O4/c1-20(2)13-26-12-17(20)21-19(24)22-9-7-14(8-10-22)18(23)15-5-4-6-16(11-15)25-3/h4-6,11,14,17-18,23H,7-10,12-13H2,1-3H3,(H,21,24). The zero-order valence-electron chi connectivity index (χ0n) is 15.9. The van der Waals surface area contributed by atoms with Crippen LogP contribution in [0.15, 0.2) is 24.3 Å². The summed E-state index contributed by atoms with van der Waals surface area (Å²) in [5.74, 6) is 0.900. The van der Waals surface area contributed by atoms with E-state index < -0.39 is 6.10 Å². The van der Waals surface area contributed by atoms with Gasteiger partial charge in [0.2, 0.25) is 0 Å². The maximum Gasteiger partial charge on any atom is 0.317 e. The van der Waals surface area contributed by atoms with Crippen molar-refractivity contribution in [3.8, 4) is 5.75 Å². The number of likely N-dealkylation sites (tertiary alicyclic amines) is 1. The van der Waals surface area contributed by atoms with Gasteiger partial charge in [0.15, 0.2) is 0 Å². The maximum atomic E-state index is 12.6. The van der Waals surface area contributed by atoms with Gasteiger partial charge in [0.25, 0.3) is 0 Å². The molecule has 2 aliphatic heterocycles. The number of amides is 2. The fourth-order valence-corrected chi connectivity index (χ4v) is 3.76. The number of aliphatic hydroxyl groups is 1. The van der Waals surface area contributed by atoms with Crippen LogP contribution >= 0.6 is 0 Å². The number of nitrogens with zero attached hydrogens (tertiary/aromatic N) is 1. The molecule has 2 atom stereocenters. The molecule has 26 heavy (non-hydrogen) atoms. The molecule has 2 heterocycles. The van der Waals surface area contributed by atoms with Crippen molar-refractivity contribution in [2.45, 2.75) is 38.8 Å². The number of piperidine rings is 1. The lowest BCUT2D eigenvalue weighted by Crippen LogP contribution is -2.52. The monoisotopic (exact) mass is 362 g/mol. The number of urea groups is 1. The van der Waals surface area contributed by atoms with Gasteiger partial charge in [-0.15, -0.1) is 0 Å². The fraction of sp³-hybridized carbons (Fsp3) is 0.650. The lowest BCUT2D eigenvalue weighted by Gasteiger charge is -2.36. The van der Waals surface area contributed by atoms with E-state index in [2.05, 4.69) is 19.2 Å². The third-order valence-corrected chi connectivity index (χ3v) is 5.71. The average Bonchev–Trinajstić information content (AvgIpc) is 2.99. The van der Waals surface area contributed by atoms with Crippen LogP contribution in [0.1, 0.15) is 38.4 Å². The summed E-state index contributed by atoms with van der Waals surface area (Å²) in [4.78, 5) is 14.4. The van der Waals surface area contributed by atoms with Crippen LogP contribution in [-0.4, -0.2) is 55.5 Å². The second kappa shape index (κ2) is 7.84. The zero-order chi connectivity index (χ0) is 18.7. The van der Waals surface area contributed by atoms with Crippen LogP contribution in [-0.2, 0) is 4.74 Å². The number of methoxy groups -OCH3 is 1. The molecule has 2 fully saturated rings. The molecule has 0 aromatic heterocycles. The summed E-state index contributed by atoms with van der Waals surface area (Å²) in [7, 11) is 1.62. The van der Waals surface area contributed by atoms with E-state index in [1.807, 2.05) is 29.2 Å². The number of carbonyl (C=O) groups is 1. The Morgan fingerprint density at radius 1 is 1.38 bits per heavy atom. The van der Waals surface area contributed by atoms with E-state index in [0.29, 0.717) is 26.3 Å². The van der Waals surface area contributed by atoms with Crippen molar-refractivity contribution in [1.82, 2.24) is 10.2 Å². The largest absolute Gasteiger partial charge is 0.497 e. The Kier molecular flexibility index (Phi) is 5.73. The first-order chi connectivity index (χ1) is 12.4. The molecule has 2 saturated heterocycles. The Bertz CT molecular complexity index is 626. The third-order valence-electron chi connectivity index (χ3n) is 5.71. The lowest BCUT2D eigenvalue weighted by molar-refractivity contribution is 0.0655. The minimum Gasteiger partial charge on any atom is -0.497 e. The van der Waals surface area contributed by atoms with E-state index in [4.69, 9.17) is 9.47 Å². The number of ether oxygens (including phenoxy) is 2. The van der Waals surface area contributed by atoms with Crippen LogP contribution in [0, 0.1) is 11.3 Å². The number of hydrogen-bond donors (Lipinski definition) is 2. The van der Waals surface area contributed by atoms with Gasteiger partial charge >= 0.3 is 6.03 Å². The van der Waals surface area contributed by atoms with Gasteiger partial charge in [-0.2, -0.15) is 0 Å². The van der Waals surface area contributed by atoms with Gasteiger partial charge in [0, 0.05) is 18.5 Å². The third kappa shape index (κ3) is 4.13. The topological polar surface area (TPSA) is 71.0 Å². The van der Waals surface area contributed by atoms with Crippen LogP contribution in [0.25, 0.3) is 0 Å². The predicted octanol–water partition coefficient (Wildman–Crippen LogP) is 2.58. The summed E-state index contributed by atoms with van der Waals surface area (Å²) in [5.41, 5.74) is 0.841. The van der Waals surface area contributed by atoms with E-state index in [9.17, 15) is 9.90 Å². The van der Waals surface area contributed by atoms with Gasteiger partial charge in [0.05, 0.1) is 32.5 Å². The molecule has 0 bridgehead atoms. The number of rotatable bonds is 4. The molecule has 0 aliphatic carbocycles. The number of benzene rings is 1. The summed E-state index contributed by atoms with van der Waals surface area (Å²) >= 11 is 0. The van der Waals surface area contributed by atoms with Crippen LogP contribution in [0.2, 0.25) is 0 Å². The van der Waals surface area contributed by atoms with E-state index in [-0.39, 0.29) is 23.4 Å². The lowest BCUT2D eigenvalue weighted by atomic mass is 9.87. The van der Waals surface area contributed by atoms with Gasteiger partial charge in [-0.3, -0.25) is 0 Å². The molecule has 1 aromatic rings. The maximum absolute atomic E-state index is 12.6. The van der Waals surface area contributed by atoms with Crippen LogP contribution in [0.5, 0.6) is 5.75 Å². The molecule has 0 saturated carbocycles. The molecule has 2 aliphatic rings. The Balaban J connectivity index is 1.52. The van der Waals surface area contributed by atoms with Gasteiger partial charge < -0.3 is 24.8 Å². The molecule has 2 unspecified atom stereocenters. The molecule has 1 aromatic carbocycles. The van der Waals surface area contributed by atoms with Gasteiger partial charge in [-0.25, -0.2) is 4.79 Å². The zero-order valence-corrected chi connectivity index (χ0v) is 15.9. The van der Waals surface area contributed by atoms with E-state index in [0.717, 1.165) is 24.2 Å². The van der Waals surface area contributed by atoms with E-state index in [1.54, 1.807) is 7.11 Å². The van der Waals surface area contributed by atoms with Crippen LogP contribution in [0.4, 0.5) is 4.79 Å². The van der Waals surface area contributed by atoms with Gasteiger partial charge in [0.1, 0.15) is 5.75 Å². The van der Waals surface area contributed by atoms with E-state index in [1.165, 1.54) is 0 Å². The first-order valence-electron chi connectivity index (χ1n) is 9.36. The molecule has 2 amide bonds. The molecule has 0 spiro atoms. The Morgan fingerprint density at radius 3 is 2.73 bits per heavy atom. The molecule has 2 N–H and O–H groups in total. The van der Waals surface area contributed by atoms with Gasteiger partial charge in [-0.1, -0.05) is 26.0 Å². The van der Waals surface area contributed by atoms with Crippen molar-refractivity contribution in [3.63, 3.8) is 0 Å². The van der Waals surface area contributed by atoms with Crippen LogP contribution < -0.4 is 10.1 Å². The highest BCUT2D eigenvalue weighted by Crippen LogP contribution is 2.32. The molecule has 6 heteroatoms. The quantitative estimate of drug-likeness (QED) is 0.864. The molecule has 6 nitrogen and oxygen atoms in total. The molecule has 144 valence electrons. The minimum absolute atomic E-state index is 0.0251. The van der Waals surface area contributed by atoms with Crippen molar-refractivity contribution >= 4 is 6.03 Å². The Hall–Kier alpha value is -1.79. The summed E-state index contributed by atoms with van der Waals surface area (Å²) in [5, 5.41) is 13.8. The highest BCUT2D eigenvalue weighted by molar-refractivity contribution is 5.74. The van der Waals surface area contributed by atoms with Crippen molar-refractivity contribution in [1.29, 1.82) is 0 Å².